The number of amides is 2. The van der Waals surface area contributed by atoms with Gasteiger partial charge in [-0.15, -0.1) is 11.3 Å². The summed E-state index contributed by atoms with van der Waals surface area (Å²) in [5.41, 5.74) is 0.269. The van der Waals surface area contributed by atoms with E-state index in [4.69, 9.17) is 5.11 Å². The summed E-state index contributed by atoms with van der Waals surface area (Å²) in [5.74, 6) is -1.10. The number of carboxylic acids is 1. The van der Waals surface area contributed by atoms with Crippen molar-refractivity contribution < 1.29 is 14.7 Å². The third-order valence-electron chi connectivity index (χ3n) is 2.06. The summed E-state index contributed by atoms with van der Waals surface area (Å²) in [7, 11) is 0. The maximum Gasteiger partial charge on any atom is 0.337 e. The van der Waals surface area contributed by atoms with Crippen molar-refractivity contribution >= 4 is 34.2 Å². The normalized spacial score (nSPS) is 9.78. The van der Waals surface area contributed by atoms with Crippen LogP contribution in [0, 0.1) is 0 Å². The van der Waals surface area contributed by atoms with Crippen molar-refractivity contribution in [3.63, 3.8) is 0 Å². The second-order valence-corrected chi connectivity index (χ2v) is 4.16. The highest BCUT2D eigenvalue weighted by atomic mass is 32.1. The highest BCUT2D eigenvalue weighted by molar-refractivity contribution is 7.13. The number of aromatic nitrogens is 1. The number of rotatable bonds is 3. The van der Waals surface area contributed by atoms with Crippen LogP contribution in [-0.4, -0.2) is 22.1 Å². The van der Waals surface area contributed by atoms with Crippen LogP contribution in [0.15, 0.2) is 35.8 Å². The first kappa shape index (κ1) is 12.1. The number of anilines is 2. The van der Waals surface area contributed by atoms with E-state index in [2.05, 4.69) is 15.6 Å². The number of thiazole rings is 1. The van der Waals surface area contributed by atoms with E-state index >= 15 is 0 Å². The van der Waals surface area contributed by atoms with Crippen LogP contribution in [0.5, 0.6) is 0 Å². The molecule has 0 aliphatic heterocycles. The number of para-hydroxylation sites is 1. The van der Waals surface area contributed by atoms with Gasteiger partial charge in [0, 0.05) is 11.6 Å². The Bertz CT molecular complexity index is 569. The van der Waals surface area contributed by atoms with Gasteiger partial charge in [-0.05, 0) is 12.1 Å². The summed E-state index contributed by atoms with van der Waals surface area (Å²) in [5, 5.41) is 16.1. The molecule has 18 heavy (non-hydrogen) atoms. The molecular formula is C11H9N3O3S. The molecule has 0 spiro atoms. The van der Waals surface area contributed by atoms with E-state index in [0.29, 0.717) is 5.13 Å². The summed E-state index contributed by atoms with van der Waals surface area (Å²) in [6.45, 7) is 0. The molecule has 2 rings (SSSR count). The number of hydrogen-bond donors (Lipinski definition) is 3. The molecule has 7 heteroatoms. The van der Waals surface area contributed by atoms with Crippen molar-refractivity contribution in [2.45, 2.75) is 0 Å². The van der Waals surface area contributed by atoms with Gasteiger partial charge >= 0.3 is 12.0 Å². The second-order valence-electron chi connectivity index (χ2n) is 3.27. The molecule has 0 saturated carbocycles. The lowest BCUT2D eigenvalue weighted by molar-refractivity contribution is 0.0698. The van der Waals surface area contributed by atoms with Gasteiger partial charge in [-0.25, -0.2) is 14.6 Å². The molecule has 0 saturated heterocycles. The summed E-state index contributed by atoms with van der Waals surface area (Å²) >= 11 is 1.27. The smallest absolute Gasteiger partial charge is 0.337 e. The average molecular weight is 263 g/mol. The standard InChI is InChI=1S/C11H9N3O3S/c15-9(16)7-3-1-2-4-8(7)13-10(17)14-11-12-5-6-18-11/h1-6H,(H,15,16)(H2,12,13,14,17). The van der Waals surface area contributed by atoms with E-state index in [1.54, 1.807) is 23.7 Å². The zero-order valence-electron chi connectivity index (χ0n) is 9.08. The van der Waals surface area contributed by atoms with E-state index < -0.39 is 12.0 Å². The van der Waals surface area contributed by atoms with Crippen LogP contribution in [0.4, 0.5) is 15.6 Å². The highest BCUT2D eigenvalue weighted by Crippen LogP contribution is 2.16. The first-order chi connectivity index (χ1) is 8.66. The minimum absolute atomic E-state index is 0.0341. The molecular weight excluding hydrogens is 254 g/mol. The van der Waals surface area contributed by atoms with Crippen LogP contribution in [0.25, 0.3) is 0 Å². The molecule has 92 valence electrons. The number of carbonyl (C=O) groups excluding carboxylic acids is 1. The predicted octanol–water partition coefficient (Wildman–Crippen LogP) is 2.49. The second kappa shape index (κ2) is 5.28. The van der Waals surface area contributed by atoms with E-state index in [-0.39, 0.29) is 11.3 Å². The van der Waals surface area contributed by atoms with Gasteiger partial charge in [0.25, 0.3) is 0 Å². The van der Waals surface area contributed by atoms with E-state index in [9.17, 15) is 9.59 Å². The molecule has 0 aliphatic rings. The number of aromatic carboxylic acids is 1. The van der Waals surface area contributed by atoms with Crippen molar-refractivity contribution in [1.29, 1.82) is 0 Å². The van der Waals surface area contributed by atoms with Crippen LogP contribution in [0.3, 0.4) is 0 Å². The van der Waals surface area contributed by atoms with Gasteiger partial charge < -0.3 is 10.4 Å². The quantitative estimate of drug-likeness (QED) is 0.793. The number of nitrogens with zero attached hydrogens (tertiary/aromatic N) is 1. The number of hydrogen-bond acceptors (Lipinski definition) is 4. The summed E-state index contributed by atoms with van der Waals surface area (Å²) in [4.78, 5) is 26.4. The lowest BCUT2D eigenvalue weighted by Gasteiger charge is -2.07. The van der Waals surface area contributed by atoms with Crippen molar-refractivity contribution in [3.8, 4) is 0 Å². The first-order valence-corrected chi connectivity index (χ1v) is 5.84. The van der Waals surface area contributed by atoms with Crippen molar-refractivity contribution in [3.05, 3.63) is 41.4 Å². The number of carbonyl (C=O) groups is 2. The Balaban J connectivity index is 2.09. The lowest BCUT2D eigenvalue weighted by Crippen LogP contribution is -2.20. The van der Waals surface area contributed by atoms with E-state index in [1.165, 1.54) is 23.5 Å². The molecule has 2 aromatic rings. The molecule has 0 unspecified atom stereocenters. The Morgan fingerprint density at radius 1 is 1.22 bits per heavy atom. The molecule has 0 bridgehead atoms. The predicted molar refractivity (Wildman–Crippen MR) is 68.2 cm³/mol. The van der Waals surface area contributed by atoms with Crippen molar-refractivity contribution in [2.24, 2.45) is 0 Å². The van der Waals surface area contributed by atoms with Crippen LogP contribution < -0.4 is 10.6 Å². The van der Waals surface area contributed by atoms with Gasteiger partial charge in [-0.2, -0.15) is 0 Å². The molecule has 3 N–H and O–H groups in total. The lowest BCUT2D eigenvalue weighted by atomic mass is 10.2. The van der Waals surface area contributed by atoms with Crippen LogP contribution >= 0.6 is 11.3 Å². The number of urea groups is 1. The van der Waals surface area contributed by atoms with Crippen molar-refractivity contribution in [1.82, 2.24) is 4.98 Å². The third-order valence-corrected chi connectivity index (χ3v) is 2.75. The third kappa shape index (κ3) is 2.83. The molecule has 0 atom stereocenters. The molecule has 6 nitrogen and oxygen atoms in total. The average Bonchev–Trinajstić information content (AvgIpc) is 2.82. The van der Waals surface area contributed by atoms with E-state index in [1.807, 2.05) is 0 Å². The maximum absolute atomic E-state index is 11.6. The summed E-state index contributed by atoms with van der Waals surface area (Å²) in [6, 6.07) is 5.64. The minimum Gasteiger partial charge on any atom is -0.478 e. The van der Waals surface area contributed by atoms with Crippen LogP contribution in [0.2, 0.25) is 0 Å². The fourth-order valence-corrected chi connectivity index (χ4v) is 1.84. The zero-order valence-corrected chi connectivity index (χ0v) is 9.90. The molecule has 2 amide bonds. The fraction of sp³-hybridized carbons (Fsp3) is 0. The van der Waals surface area contributed by atoms with Gasteiger partial charge in [0.15, 0.2) is 5.13 Å². The number of nitrogens with one attached hydrogen (secondary N) is 2. The maximum atomic E-state index is 11.6. The Kier molecular flexibility index (Phi) is 3.54. The molecule has 1 aromatic heterocycles. The molecule has 1 aromatic carbocycles. The molecule has 0 aliphatic carbocycles. The topological polar surface area (TPSA) is 91.3 Å². The number of benzene rings is 1. The molecule has 0 radical (unpaired) electrons. The van der Waals surface area contributed by atoms with Crippen LogP contribution in [-0.2, 0) is 0 Å². The highest BCUT2D eigenvalue weighted by Gasteiger charge is 2.11. The van der Waals surface area contributed by atoms with E-state index in [0.717, 1.165) is 0 Å². The van der Waals surface area contributed by atoms with Crippen molar-refractivity contribution in [2.75, 3.05) is 10.6 Å². The Labute approximate surface area is 106 Å². The van der Waals surface area contributed by atoms with Crippen LogP contribution in [0.1, 0.15) is 10.4 Å². The van der Waals surface area contributed by atoms with Gasteiger partial charge in [0.2, 0.25) is 0 Å². The van der Waals surface area contributed by atoms with Gasteiger partial charge in [0.05, 0.1) is 11.3 Å². The van der Waals surface area contributed by atoms with Gasteiger partial charge in [0.1, 0.15) is 0 Å². The summed E-state index contributed by atoms with van der Waals surface area (Å²) in [6.07, 6.45) is 1.56. The van der Waals surface area contributed by atoms with Gasteiger partial charge in [-0.3, -0.25) is 5.32 Å². The molecule has 1 heterocycles. The largest absolute Gasteiger partial charge is 0.478 e. The number of carboxylic acid groups (broad SMARTS) is 1. The Morgan fingerprint density at radius 2 is 2.00 bits per heavy atom. The Hall–Kier alpha value is -2.41. The Morgan fingerprint density at radius 3 is 2.67 bits per heavy atom. The zero-order chi connectivity index (χ0) is 13.0. The molecule has 0 fully saturated rings. The SMILES string of the molecule is O=C(Nc1nccs1)Nc1ccccc1C(=O)O. The first-order valence-electron chi connectivity index (χ1n) is 4.96. The monoisotopic (exact) mass is 263 g/mol. The fourth-order valence-electron chi connectivity index (χ4n) is 1.31. The van der Waals surface area contributed by atoms with Gasteiger partial charge in [-0.1, -0.05) is 12.1 Å². The minimum atomic E-state index is -1.10. The summed E-state index contributed by atoms with van der Waals surface area (Å²) < 4.78 is 0.